The Hall–Kier alpha value is -1.59. The zero-order valence-corrected chi connectivity index (χ0v) is 19.8. The third-order valence-electron chi connectivity index (χ3n) is 5.21. The van der Waals surface area contributed by atoms with Gasteiger partial charge in [0.15, 0.2) is 0 Å². The monoisotopic (exact) mass is 427 g/mol. The van der Waals surface area contributed by atoms with Crippen LogP contribution in [0.4, 0.5) is 0 Å². The van der Waals surface area contributed by atoms with E-state index in [0.717, 1.165) is 19.3 Å². The lowest BCUT2D eigenvalue weighted by Gasteiger charge is -2.27. The smallest absolute Gasteiger partial charge is 0.302 e. The third kappa shape index (κ3) is 18.4. The Kier molecular flexibility index (Phi) is 18.4. The Balaban J connectivity index is 4.03. The highest BCUT2D eigenvalue weighted by Crippen LogP contribution is 2.16. The molecular formula is C24H45NO5. The van der Waals surface area contributed by atoms with Crippen molar-refractivity contribution in [3.8, 4) is 0 Å². The van der Waals surface area contributed by atoms with Gasteiger partial charge >= 0.3 is 11.9 Å². The number of ether oxygens (including phenoxy) is 2. The van der Waals surface area contributed by atoms with Gasteiger partial charge in [0.25, 0.3) is 0 Å². The van der Waals surface area contributed by atoms with Crippen LogP contribution in [0.15, 0.2) is 0 Å². The van der Waals surface area contributed by atoms with Crippen molar-refractivity contribution >= 4 is 17.8 Å². The van der Waals surface area contributed by atoms with Gasteiger partial charge in [0, 0.05) is 20.8 Å². The number of amides is 1. The fraction of sp³-hybridized carbons (Fsp3) is 0.875. The molecule has 0 aromatic heterocycles. The molecule has 0 aromatic carbocycles. The standard InChI is InChI=1S/C24H45NO5/c1-5-6-7-8-9-10-11-12-13-14-15-16-17-18-24(30-22(4)28)23(25-20(2)26)19-29-21(3)27/h23-24H,5-19H2,1-4H3,(H,25,26)/t23-,24+/m1/s1. The van der Waals surface area contributed by atoms with Crippen molar-refractivity contribution in [3.63, 3.8) is 0 Å². The molecule has 0 unspecified atom stereocenters. The van der Waals surface area contributed by atoms with Crippen molar-refractivity contribution in [2.24, 2.45) is 0 Å². The summed E-state index contributed by atoms with van der Waals surface area (Å²) in [6.45, 7) is 6.33. The predicted octanol–water partition coefficient (Wildman–Crippen LogP) is 5.47. The molecule has 0 aromatic rings. The highest BCUT2D eigenvalue weighted by molar-refractivity contribution is 5.73. The summed E-state index contributed by atoms with van der Waals surface area (Å²) in [5.74, 6) is -1.06. The predicted molar refractivity (Wildman–Crippen MR) is 120 cm³/mol. The Morgan fingerprint density at radius 1 is 0.700 bits per heavy atom. The minimum Gasteiger partial charge on any atom is -0.464 e. The van der Waals surface area contributed by atoms with Gasteiger partial charge in [-0.15, -0.1) is 0 Å². The number of carbonyl (C=O) groups excluding carboxylic acids is 3. The number of unbranched alkanes of at least 4 members (excludes halogenated alkanes) is 12. The maximum Gasteiger partial charge on any atom is 0.302 e. The van der Waals surface area contributed by atoms with E-state index >= 15 is 0 Å². The number of nitrogens with one attached hydrogen (secondary N) is 1. The maximum atomic E-state index is 11.5. The molecule has 0 bridgehead atoms. The molecule has 1 amide bonds. The molecule has 0 aliphatic rings. The van der Waals surface area contributed by atoms with E-state index in [9.17, 15) is 14.4 Å². The molecule has 1 N–H and O–H groups in total. The van der Waals surface area contributed by atoms with Crippen LogP contribution in [0.2, 0.25) is 0 Å². The minimum absolute atomic E-state index is 0.00526. The second-order valence-electron chi connectivity index (χ2n) is 8.29. The van der Waals surface area contributed by atoms with Gasteiger partial charge in [0.05, 0.1) is 6.04 Å². The van der Waals surface area contributed by atoms with E-state index < -0.39 is 24.1 Å². The van der Waals surface area contributed by atoms with Gasteiger partial charge in [-0.1, -0.05) is 84.0 Å². The van der Waals surface area contributed by atoms with Crippen molar-refractivity contribution in [1.82, 2.24) is 5.32 Å². The summed E-state index contributed by atoms with van der Waals surface area (Å²) in [6.07, 6.45) is 16.6. The maximum absolute atomic E-state index is 11.5. The van der Waals surface area contributed by atoms with Crippen LogP contribution in [0.1, 0.15) is 118 Å². The van der Waals surface area contributed by atoms with Crippen LogP contribution in [-0.4, -0.2) is 36.6 Å². The Bertz CT molecular complexity index is 467. The fourth-order valence-corrected chi connectivity index (χ4v) is 3.63. The zero-order valence-electron chi connectivity index (χ0n) is 19.8. The van der Waals surface area contributed by atoms with Gasteiger partial charge in [-0.25, -0.2) is 0 Å². The summed E-state index contributed by atoms with van der Waals surface area (Å²) in [7, 11) is 0. The molecule has 0 rings (SSSR count). The summed E-state index contributed by atoms with van der Waals surface area (Å²) in [5, 5.41) is 2.74. The Morgan fingerprint density at radius 2 is 1.17 bits per heavy atom. The van der Waals surface area contributed by atoms with E-state index in [1.165, 1.54) is 85.0 Å². The van der Waals surface area contributed by atoms with Crippen LogP contribution in [0.25, 0.3) is 0 Å². The molecule has 0 spiro atoms. The highest BCUT2D eigenvalue weighted by atomic mass is 16.6. The lowest BCUT2D eigenvalue weighted by atomic mass is 10.0. The first kappa shape index (κ1) is 28.4. The molecule has 0 aliphatic heterocycles. The van der Waals surface area contributed by atoms with E-state index in [1.807, 2.05) is 0 Å². The summed E-state index contributed by atoms with van der Waals surface area (Å²) >= 11 is 0. The van der Waals surface area contributed by atoms with Crippen LogP contribution in [0.3, 0.4) is 0 Å². The van der Waals surface area contributed by atoms with Crippen LogP contribution < -0.4 is 5.32 Å². The van der Waals surface area contributed by atoms with Crippen molar-refractivity contribution < 1.29 is 23.9 Å². The second kappa shape index (κ2) is 19.4. The van der Waals surface area contributed by atoms with Crippen molar-refractivity contribution in [2.45, 2.75) is 130 Å². The van der Waals surface area contributed by atoms with Gasteiger partial charge in [0.1, 0.15) is 12.7 Å². The summed E-state index contributed by atoms with van der Waals surface area (Å²) in [6, 6.07) is -0.521. The first-order chi connectivity index (χ1) is 14.4. The van der Waals surface area contributed by atoms with E-state index in [2.05, 4.69) is 12.2 Å². The molecule has 0 aliphatic carbocycles. The summed E-state index contributed by atoms with van der Waals surface area (Å²) in [5.41, 5.74) is 0. The lowest BCUT2D eigenvalue weighted by molar-refractivity contribution is -0.152. The minimum atomic E-state index is -0.521. The van der Waals surface area contributed by atoms with Crippen molar-refractivity contribution in [1.29, 1.82) is 0 Å². The first-order valence-corrected chi connectivity index (χ1v) is 11.9. The fourth-order valence-electron chi connectivity index (χ4n) is 3.63. The number of hydrogen-bond acceptors (Lipinski definition) is 5. The van der Waals surface area contributed by atoms with E-state index in [-0.39, 0.29) is 12.5 Å². The molecule has 0 saturated heterocycles. The number of carbonyl (C=O) groups is 3. The Morgan fingerprint density at radius 3 is 1.57 bits per heavy atom. The van der Waals surface area contributed by atoms with E-state index in [0.29, 0.717) is 6.42 Å². The molecule has 0 saturated carbocycles. The third-order valence-corrected chi connectivity index (χ3v) is 5.21. The zero-order chi connectivity index (χ0) is 22.6. The summed E-state index contributed by atoms with van der Waals surface area (Å²) < 4.78 is 10.4. The molecule has 176 valence electrons. The van der Waals surface area contributed by atoms with Gasteiger partial charge < -0.3 is 14.8 Å². The average Bonchev–Trinajstić information content (AvgIpc) is 2.67. The molecule has 0 fully saturated rings. The second-order valence-corrected chi connectivity index (χ2v) is 8.29. The number of esters is 2. The average molecular weight is 428 g/mol. The van der Waals surface area contributed by atoms with Gasteiger partial charge in [0.2, 0.25) is 5.91 Å². The normalized spacial score (nSPS) is 12.8. The molecule has 30 heavy (non-hydrogen) atoms. The van der Waals surface area contributed by atoms with Crippen LogP contribution >= 0.6 is 0 Å². The topological polar surface area (TPSA) is 81.7 Å². The van der Waals surface area contributed by atoms with Crippen molar-refractivity contribution in [2.75, 3.05) is 6.61 Å². The molecule has 0 heterocycles. The van der Waals surface area contributed by atoms with Gasteiger partial charge in [-0.3, -0.25) is 14.4 Å². The molecule has 6 nitrogen and oxygen atoms in total. The first-order valence-electron chi connectivity index (χ1n) is 11.9. The van der Waals surface area contributed by atoms with Crippen LogP contribution in [-0.2, 0) is 23.9 Å². The van der Waals surface area contributed by atoms with Gasteiger partial charge in [-0.05, 0) is 12.8 Å². The van der Waals surface area contributed by atoms with Crippen LogP contribution in [0.5, 0.6) is 0 Å². The van der Waals surface area contributed by atoms with Gasteiger partial charge in [-0.2, -0.15) is 0 Å². The van der Waals surface area contributed by atoms with Crippen LogP contribution in [0, 0.1) is 0 Å². The SMILES string of the molecule is CCCCCCCCCCCCCCC[C@H](OC(C)=O)[C@@H](COC(C)=O)NC(C)=O. The van der Waals surface area contributed by atoms with Crippen molar-refractivity contribution in [3.05, 3.63) is 0 Å². The largest absolute Gasteiger partial charge is 0.464 e. The molecule has 0 radical (unpaired) electrons. The Labute approximate surface area is 183 Å². The lowest BCUT2D eigenvalue weighted by Crippen LogP contribution is -2.47. The van der Waals surface area contributed by atoms with E-state index in [1.54, 1.807) is 0 Å². The molecule has 6 heteroatoms. The number of hydrogen-bond donors (Lipinski definition) is 1. The van der Waals surface area contributed by atoms with E-state index in [4.69, 9.17) is 9.47 Å². The highest BCUT2D eigenvalue weighted by Gasteiger charge is 2.26. The molecular weight excluding hydrogens is 382 g/mol. The number of rotatable bonds is 19. The summed E-state index contributed by atoms with van der Waals surface area (Å²) in [4.78, 5) is 34.1. The molecule has 2 atom stereocenters. The quantitative estimate of drug-likeness (QED) is 0.218.